The number of methoxy groups -OCH3 is 1. The van der Waals surface area contributed by atoms with Crippen LogP contribution in [0.3, 0.4) is 0 Å². The van der Waals surface area contributed by atoms with Crippen LogP contribution in [-0.2, 0) is 6.54 Å². The summed E-state index contributed by atoms with van der Waals surface area (Å²) in [5.74, 6) is 0.493. The van der Waals surface area contributed by atoms with Gasteiger partial charge in [-0.3, -0.25) is 0 Å². The maximum atomic E-state index is 13.2. The van der Waals surface area contributed by atoms with Gasteiger partial charge in [-0.1, -0.05) is 17.7 Å². The Bertz CT molecular complexity index is 566. The number of benzene rings is 2. The van der Waals surface area contributed by atoms with Gasteiger partial charge in [0.15, 0.2) is 0 Å². The van der Waals surface area contributed by atoms with Crippen molar-refractivity contribution in [2.24, 2.45) is 5.73 Å². The van der Waals surface area contributed by atoms with Gasteiger partial charge < -0.3 is 10.5 Å². The van der Waals surface area contributed by atoms with E-state index in [-0.39, 0.29) is 5.82 Å². The van der Waals surface area contributed by atoms with Crippen molar-refractivity contribution in [1.29, 1.82) is 0 Å². The van der Waals surface area contributed by atoms with Gasteiger partial charge in [0.2, 0.25) is 0 Å². The molecule has 0 fully saturated rings. The molecule has 0 spiro atoms. The van der Waals surface area contributed by atoms with Crippen LogP contribution in [0.15, 0.2) is 36.4 Å². The predicted octanol–water partition coefficient (Wildman–Crippen LogP) is 3.27. The van der Waals surface area contributed by atoms with Gasteiger partial charge in [-0.2, -0.15) is 0 Å². The molecule has 0 unspecified atom stereocenters. The summed E-state index contributed by atoms with van der Waals surface area (Å²) in [6.45, 7) is 2.30. The second kappa shape index (κ2) is 5.19. The quantitative estimate of drug-likeness (QED) is 0.900. The second-order valence-corrected chi connectivity index (χ2v) is 4.21. The van der Waals surface area contributed by atoms with Gasteiger partial charge in [0.05, 0.1) is 7.11 Å². The minimum absolute atomic E-state index is 0.272. The number of halogens is 1. The lowest BCUT2D eigenvalue weighted by atomic mass is 9.97. The van der Waals surface area contributed by atoms with E-state index in [9.17, 15) is 4.39 Å². The Morgan fingerprint density at radius 1 is 1.11 bits per heavy atom. The molecule has 0 aliphatic rings. The van der Waals surface area contributed by atoms with Crippen LogP contribution in [0.2, 0.25) is 0 Å². The van der Waals surface area contributed by atoms with Crippen molar-refractivity contribution in [2.75, 3.05) is 7.11 Å². The average Bonchev–Trinajstić information content (AvgIpc) is 2.38. The third kappa shape index (κ3) is 2.36. The zero-order chi connectivity index (χ0) is 13.1. The molecule has 0 aromatic heterocycles. The van der Waals surface area contributed by atoms with E-state index in [0.717, 1.165) is 28.0 Å². The summed E-state index contributed by atoms with van der Waals surface area (Å²) < 4.78 is 18.6. The van der Waals surface area contributed by atoms with E-state index >= 15 is 0 Å². The standard InChI is InChI=1S/C15H16FNO/c1-10-3-6-15(18-2)14(7-10)13-5-4-12(16)8-11(13)9-17/h3-8H,9,17H2,1-2H3. The van der Waals surface area contributed by atoms with Crippen LogP contribution in [0.5, 0.6) is 5.75 Å². The highest BCUT2D eigenvalue weighted by atomic mass is 19.1. The molecule has 0 saturated heterocycles. The van der Waals surface area contributed by atoms with Crippen molar-refractivity contribution in [3.8, 4) is 16.9 Å². The van der Waals surface area contributed by atoms with Gasteiger partial charge in [-0.05, 0) is 42.3 Å². The molecule has 3 heteroatoms. The molecule has 0 aliphatic heterocycles. The molecule has 0 saturated carbocycles. The van der Waals surface area contributed by atoms with Crippen LogP contribution in [0.1, 0.15) is 11.1 Å². The number of hydrogen-bond acceptors (Lipinski definition) is 2. The lowest BCUT2D eigenvalue weighted by Gasteiger charge is -2.13. The molecule has 0 heterocycles. The molecule has 0 atom stereocenters. The highest BCUT2D eigenvalue weighted by molar-refractivity contribution is 5.74. The average molecular weight is 245 g/mol. The molecule has 0 aliphatic carbocycles. The molecular formula is C15H16FNO. The van der Waals surface area contributed by atoms with E-state index in [1.807, 2.05) is 25.1 Å². The maximum Gasteiger partial charge on any atom is 0.126 e. The predicted molar refractivity (Wildman–Crippen MR) is 71.0 cm³/mol. The molecule has 2 rings (SSSR count). The largest absolute Gasteiger partial charge is 0.496 e. The summed E-state index contributed by atoms with van der Waals surface area (Å²) in [4.78, 5) is 0. The molecule has 18 heavy (non-hydrogen) atoms. The van der Waals surface area contributed by atoms with Crippen LogP contribution in [-0.4, -0.2) is 7.11 Å². The van der Waals surface area contributed by atoms with Gasteiger partial charge in [0.25, 0.3) is 0 Å². The molecule has 2 N–H and O–H groups in total. The molecular weight excluding hydrogens is 229 g/mol. The third-order valence-corrected chi connectivity index (χ3v) is 2.93. The number of aryl methyl sites for hydroxylation is 1. The highest BCUT2D eigenvalue weighted by Gasteiger charge is 2.10. The first-order chi connectivity index (χ1) is 8.65. The summed E-state index contributed by atoms with van der Waals surface area (Å²) >= 11 is 0. The molecule has 0 amide bonds. The molecule has 2 aromatic rings. The van der Waals surface area contributed by atoms with Crippen molar-refractivity contribution in [3.05, 3.63) is 53.3 Å². The fraction of sp³-hybridized carbons (Fsp3) is 0.200. The lowest BCUT2D eigenvalue weighted by Crippen LogP contribution is -2.01. The number of rotatable bonds is 3. The SMILES string of the molecule is COc1ccc(C)cc1-c1ccc(F)cc1CN. The van der Waals surface area contributed by atoms with Crippen molar-refractivity contribution < 1.29 is 9.13 Å². The van der Waals surface area contributed by atoms with Gasteiger partial charge in [0, 0.05) is 12.1 Å². The highest BCUT2D eigenvalue weighted by Crippen LogP contribution is 2.33. The van der Waals surface area contributed by atoms with Crippen molar-refractivity contribution in [3.63, 3.8) is 0 Å². The maximum absolute atomic E-state index is 13.2. The van der Waals surface area contributed by atoms with Crippen LogP contribution in [0.4, 0.5) is 4.39 Å². The molecule has 0 radical (unpaired) electrons. The molecule has 2 nitrogen and oxygen atoms in total. The van der Waals surface area contributed by atoms with Gasteiger partial charge in [-0.25, -0.2) is 4.39 Å². The number of ether oxygens (including phenoxy) is 1. The minimum atomic E-state index is -0.272. The smallest absolute Gasteiger partial charge is 0.126 e. The first kappa shape index (κ1) is 12.6. The monoisotopic (exact) mass is 245 g/mol. The van der Waals surface area contributed by atoms with Crippen LogP contribution < -0.4 is 10.5 Å². The Hall–Kier alpha value is -1.87. The van der Waals surface area contributed by atoms with E-state index in [4.69, 9.17) is 10.5 Å². The fourth-order valence-corrected chi connectivity index (χ4v) is 2.03. The molecule has 94 valence electrons. The Morgan fingerprint density at radius 3 is 2.56 bits per heavy atom. The Balaban J connectivity index is 2.64. The van der Waals surface area contributed by atoms with E-state index in [1.165, 1.54) is 12.1 Å². The second-order valence-electron chi connectivity index (χ2n) is 4.21. The molecule has 0 bridgehead atoms. The van der Waals surface area contributed by atoms with Crippen molar-refractivity contribution in [2.45, 2.75) is 13.5 Å². The van der Waals surface area contributed by atoms with E-state index in [2.05, 4.69) is 0 Å². The summed E-state index contributed by atoms with van der Waals surface area (Å²) in [5, 5.41) is 0. The van der Waals surface area contributed by atoms with Gasteiger partial charge in [0.1, 0.15) is 11.6 Å². The summed E-state index contributed by atoms with van der Waals surface area (Å²) in [6, 6.07) is 10.6. The first-order valence-corrected chi connectivity index (χ1v) is 5.79. The topological polar surface area (TPSA) is 35.2 Å². The van der Waals surface area contributed by atoms with Crippen LogP contribution in [0.25, 0.3) is 11.1 Å². The van der Waals surface area contributed by atoms with Crippen molar-refractivity contribution >= 4 is 0 Å². The first-order valence-electron chi connectivity index (χ1n) is 5.79. The number of nitrogens with two attached hydrogens (primary N) is 1. The Kier molecular flexibility index (Phi) is 3.63. The van der Waals surface area contributed by atoms with E-state index in [0.29, 0.717) is 6.54 Å². The van der Waals surface area contributed by atoms with Crippen LogP contribution >= 0.6 is 0 Å². The van der Waals surface area contributed by atoms with Gasteiger partial charge >= 0.3 is 0 Å². The Morgan fingerprint density at radius 2 is 1.89 bits per heavy atom. The van der Waals surface area contributed by atoms with Crippen LogP contribution in [0, 0.1) is 12.7 Å². The van der Waals surface area contributed by atoms with E-state index in [1.54, 1.807) is 13.2 Å². The van der Waals surface area contributed by atoms with Gasteiger partial charge in [-0.15, -0.1) is 0 Å². The summed E-state index contributed by atoms with van der Waals surface area (Å²) in [6.07, 6.45) is 0. The third-order valence-electron chi connectivity index (χ3n) is 2.93. The number of hydrogen-bond donors (Lipinski definition) is 1. The minimum Gasteiger partial charge on any atom is -0.496 e. The summed E-state index contributed by atoms with van der Waals surface area (Å²) in [5.41, 5.74) is 9.44. The zero-order valence-electron chi connectivity index (χ0n) is 10.5. The van der Waals surface area contributed by atoms with E-state index < -0.39 is 0 Å². The summed E-state index contributed by atoms with van der Waals surface area (Å²) in [7, 11) is 1.62. The molecule has 2 aromatic carbocycles. The lowest BCUT2D eigenvalue weighted by molar-refractivity contribution is 0.416. The Labute approximate surface area is 106 Å². The fourth-order valence-electron chi connectivity index (χ4n) is 2.03. The zero-order valence-corrected chi connectivity index (χ0v) is 10.5. The normalized spacial score (nSPS) is 10.4. The van der Waals surface area contributed by atoms with Crippen molar-refractivity contribution in [1.82, 2.24) is 0 Å².